The summed E-state index contributed by atoms with van der Waals surface area (Å²) in [6, 6.07) is 36.0. The van der Waals surface area contributed by atoms with E-state index in [4.69, 9.17) is 0 Å². The number of nitrogens with zero attached hydrogens (tertiary/aromatic N) is 1. The molecule has 5 aromatic carbocycles. The molecule has 0 saturated heterocycles. The predicted octanol–water partition coefficient (Wildman–Crippen LogP) is 10.1. The predicted molar refractivity (Wildman–Crippen MR) is 156 cm³/mol. The smallest absolute Gasteiger partial charge is 0.0714 e. The highest BCUT2D eigenvalue weighted by Gasteiger charge is 2.18. The average Bonchev–Trinajstić information content (AvgIpc) is 3.58. The molecule has 0 amide bonds. The fourth-order valence-electron chi connectivity index (χ4n) is 6.03. The number of hydrogen-bond acceptors (Lipinski definition) is 2. The van der Waals surface area contributed by atoms with Crippen LogP contribution in [0.4, 0.5) is 0 Å². The zero-order valence-electron chi connectivity index (χ0n) is 18.6. The normalized spacial score (nSPS) is 12.6. The highest BCUT2D eigenvalue weighted by atomic mass is 32.1. The van der Waals surface area contributed by atoms with Gasteiger partial charge in [0.25, 0.3) is 0 Å². The molecule has 9 rings (SSSR count). The van der Waals surface area contributed by atoms with Gasteiger partial charge in [0.1, 0.15) is 0 Å². The molecule has 0 radical (unpaired) electrons. The Labute approximate surface area is 208 Å². The van der Waals surface area contributed by atoms with Crippen LogP contribution in [0, 0.1) is 0 Å². The second kappa shape index (κ2) is 6.39. The largest absolute Gasteiger partial charge is 0.313 e. The highest BCUT2D eigenvalue weighted by Crippen LogP contribution is 2.45. The van der Waals surface area contributed by atoms with Crippen LogP contribution in [0.3, 0.4) is 0 Å². The van der Waals surface area contributed by atoms with E-state index in [2.05, 4.69) is 108 Å². The third kappa shape index (κ3) is 2.28. The summed E-state index contributed by atoms with van der Waals surface area (Å²) in [5.74, 6) is 0. The Morgan fingerprint density at radius 1 is 0.429 bits per heavy atom. The lowest BCUT2D eigenvalue weighted by Gasteiger charge is -2.11. The van der Waals surface area contributed by atoms with Crippen molar-refractivity contribution in [2.24, 2.45) is 0 Å². The van der Waals surface area contributed by atoms with E-state index >= 15 is 0 Å². The van der Waals surface area contributed by atoms with Crippen molar-refractivity contribution in [2.75, 3.05) is 0 Å². The van der Waals surface area contributed by atoms with E-state index in [0.29, 0.717) is 0 Å². The molecule has 9 aromatic rings. The van der Waals surface area contributed by atoms with Crippen LogP contribution in [0.5, 0.6) is 0 Å². The molecule has 0 aliphatic rings. The minimum absolute atomic E-state index is 1.29. The lowest BCUT2D eigenvalue weighted by atomic mass is 9.99. The van der Waals surface area contributed by atoms with Crippen molar-refractivity contribution >= 4 is 101 Å². The molecule has 0 atom stereocenters. The molecule has 0 spiro atoms. The molecule has 0 N–H and O–H groups in total. The standard InChI is InChI=1S/C32H17NS2/c1-2-8-19-18(7-1)17-33-30(19)26-16-29-25(21-10-4-5-11-27(21)34-29)15-24(26)22-13-14-23-20-9-3-6-12-28(20)35-32(23)31(22)33/h1-17H. The van der Waals surface area contributed by atoms with Gasteiger partial charge in [-0.2, -0.15) is 0 Å². The van der Waals surface area contributed by atoms with Crippen molar-refractivity contribution in [3.63, 3.8) is 0 Å². The van der Waals surface area contributed by atoms with E-state index in [1.165, 1.54) is 78.3 Å². The Morgan fingerprint density at radius 3 is 1.97 bits per heavy atom. The molecule has 1 nitrogen and oxygen atoms in total. The summed E-state index contributed by atoms with van der Waals surface area (Å²) in [6.07, 6.45) is 2.34. The first kappa shape index (κ1) is 18.4. The molecule has 0 bridgehead atoms. The van der Waals surface area contributed by atoms with Gasteiger partial charge in [-0.1, -0.05) is 72.8 Å². The van der Waals surface area contributed by atoms with Crippen molar-refractivity contribution < 1.29 is 0 Å². The van der Waals surface area contributed by atoms with Crippen LogP contribution in [-0.4, -0.2) is 4.40 Å². The summed E-state index contributed by atoms with van der Waals surface area (Å²) in [6.45, 7) is 0. The molecule has 4 aromatic heterocycles. The molecular formula is C32H17NS2. The van der Waals surface area contributed by atoms with Crippen molar-refractivity contribution in [3.8, 4) is 0 Å². The molecular weight excluding hydrogens is 462 g/mol. The molecule has 0 saturated carbocycles. The number of pyridine rings is 1. The molecule has 0 unspecified atom stereocenters. The van der Waals surface area contributed by atoms with Gasteiger partial charge in [-0.25, -0.2) is 0 Å². The van der Waals surface area contributed by atoms with Crippen LogP contribution < -0.4 is 0 Å². The molecule has 0 aliphatic heterocycles. The van der Waals surface area contributed by atoms with E-state index in [0.717, 1.165) is 0 Å². The van der Waals surface area contributed by atoms with E-state index in [1.807, 2.05) is 22.7 Å². The van der Waals surface area contributed by atoms with Crippen LogP contribution >= 0.6 is 22.7 Å². The van der Waals surface area contributed by atoms with Gasteiger partial charge < -0.3 is 4.40 Å². The third-order valence-electron chi connectivity index (χ3n) is 7.55. The summed E-state index contributed by atoms with van der Waals surface area (Å²) in [5, 5.41) is 12.0. The molecule has 3 heteroatoms. The van der Waals surface area contributed by atoms with Crippen LogP contribution in [-0.2, 0) is 0 Å². The van der Waals surface area contributed by atoms with Gasteiger partial charge in [0.15, 0.2) is 0 Å². The SMILES string of the molecule is c1ccc2c(c1)cn1c2c2cc3sc4ccccc4c3cc2c2ccc3c4ccccc4sc3c21. The van der Waals surface area contributed by atoms with Crippen molar-refractivity contribution in [2.45, 2.75) is 0 Å². The van der Waals surface area contributed by atoms with E-state index in [1.54, 1.807) is 0 Å². The highest BCUT2D eigenvalue weighted by molar-refractivity contribution is 7.27. The van der Waals surface area contributed by atoms with Crippen molar-refractivity contribution in [3.05, 3.63) is 103 Å². The van der Waals surface area contributed by atoms with Gasteiger partial charge in [-0.15, -0.1) is 22.7 Å². The number of thiophene rings is 2. The fourth-order valence-corrected chi connectivity index (χ4v) is 8.41. The quantitative estimate of drug-likeness (QED) is 0.191. The number of aromatic nitrogens is 1. The fraction of sp³-hybridized carbons (Fsp3) is 0. The second-order valence-electron chi connectivity index (χ2n) is 9.36. The molecule has 0 aliphatic carbocycles. The summed E-state index contributed by atoms with van der Waals surface area (Å²) in [4.78, 5) is 0. The molecule has 35 heavy (non-hydrogen) atoms. The van der Waals surface area contributed by atoms with E-state index < -0.39 is 0 Å². The monoisotopic (exact) mass is 479 g/mol. The number of benzene rings is 5. The minimum Gasteiger partial charge on any atom is -0.313 e. The maximum absolute atomic E-state index is 2.47. The van der Waals surface area contributed by atoms with Crippen LogP contribution in [0.15, 0.2) is 103 Å². The second-order valence-corrected chi connectivity index (χ2v) is 11.5. The lowest BCUT2D eigenvalue weighted by Crippen LogP contribution is -1.90. The lowest BCUT2D eigenvalue weighted by molar-refractivity contribution is 1.31. The maximum atomic E-state index is 2.47. The Balaban J connectivity index is 1.63. The first-order valence-corrected chi connectivity index (χ1v) is 13.5. The Kier molecular flexibility index (Phi) is 3.36. The van der Waals surface area contributed by atoms with Crippen molar-refractivity contribution in [1.82, 2.24) is 4.40 Å². The Hall–Kier alpha value is -3.92. The van der Waals surface area contributed by atoms with E-state index in [-0.39, 0.29) is 0 Å². The Bertz CT molecular complexity index is 2330. The van der Waals surface area contributed by atoms with Gasteiger partial charge in [-0.3, -0.25) is 0 Å². The summed E-state index contributed by atoms with van der Waals surface area (Å²) in [7, 11) is 0. The number of hydrogen-bond donors (Lipinski definition) is 0. The van der Waals surface area contributed by atoms with Crippen molar-refractivity contribution in [1.29, 1.82) is 0 Å². The minimum atomic E-state index is 1.29. The number of rotatable bonds is 0. The van der Waals surface area contributed by atoms with Crippen LogP contribution in [0.25, 0.3) is 78.3 Å². The van der Waals surface area contributed by atoms with Gasteiger partial charge >= 0.3 is 0 Å². The topological polar surface area (TPSA) is 4.41 Å². The van der Waals surface area contributed by atoms with Crippen LogP contribution in [0.1, 0.15) is 0 Å². The first-order valence-electron chi connectivity index (χ1n) is 11.9. The summed E-state index contributed by atoms with van der Waals surface area (Å²) in [5.41, 5.74) is 2.63. The Morgan fingerprint density at radius 2 is 1.11 bits per heavy atom. The summed E-state index contributed by atoms with van der Waals surface area (Å²) >= 11 is 3.81. The van der Waals surface area contributed by atoms with Gasteiger partial charge in [0.05, 0.1) is 15.7 Å². The molecule has 4 heterocycles. The van der Waals surface area contributed by atoms with Crippen LogP contribution in [0.2, 0.25) is 0 Å². The van der Waals surface area contributed by atoms with E-state index in [9.17, 15) is 0 Å². The maximum Gasteiger partial charge on any atom is 0.0714 e. The number of fused-ring (bicyclic) bond motifs is 15. The molecule has 0 fully saturated rings. The van der Waals surface area contributed by atoms with Gasteiger partial charge in [0, 0.05) is 63.4 Å². The molecule has 162 valence electrons. The van der Waals surface area contributed by atoms with Gasteiger partial charge in [-0.05, 0) is 29.7 Å². The zero-order valence-corrected chi connectivity index (χ0v) is 20.2. The first-order chi connectivity index (χ1) is 17.3. The summed E-state index contributed by atoms with van der Waals surface area (Å²) < 4.78 is 7.89. The van der Waals surface area contributed by atoms with Gasteiger partial charge in [0.2, 0.25) is 0 Å². The average molecular weight is 480 g/mol. The third-order valence-corrected chi connectivity index (χ3v) is 9.88. The zero-order chi connectivity index (χ0) is 22.7.